The van der Waals surface area contributed by atoms with Gasteiger partial charge in [-0.15, -0.1) is 0 Å². The molecule has 0 aromatic carbocycles. The molecule has 0 aliphatic rings. The Balaban J connectivity index is 1.53. The molecule has 0 aliphatic heterocycles. The molecule has 3 rings (SSSR count). The van der Waals surface area contributed by atoms with E-state index in [9.17, 15) is 9.59 Å². The molecule has 25 heavy (non-hydrogen) atoms. The van der Waals surface area contributed by atoms with Crippen LogP contribution in [0.4, 0.5) is 0 Å². The van der Waals surface area contributed by atoms with E-state index in [-0.39, 0.29) is 24.4 Å². The van der Waals surface area contributed by atoms with Crippen molar-refractivity contribution in [2.45, 2.75) is 33.2 Å². The van der Waals surface area contributed by atoms with Gasteiger partial charge in [-0.05, 0) is 37.6 Å². The molecule has 0 atom stereocenters. The standard InChI is InChI=1S/C18H19N3O4/c1-11-8-12(2)21-18(23)13(11)9-19-16(22)5-6-17-20-10-15(25-17)14-4-3-7-24-14/h3-4,7-8,10H,5-6,9H2,1-2H3,(H,19,22)(H,21,23). The highest BCUT2D eigenvalue weighted by atomic mass is 16.4. The van der Waals surface area contributed by atoms with Gasteiger partial charge in [0.15, 0.2) is 17.4 Å². The molecule has 0 fully saturated rings. The minimum Gasteiger partial charge on any atom is -0.461 e. The lowest BCUT2D eigenvalue weighted by Crippen LogP contribution is -2.28. The molecule has 7 nitrogen and oxygen atoms in total. The smallest absolute Gasteiger partial charge is 0.253 e. The first-order valence-electron chi connectivity index (χ1n) is 7.97. The van der Waals surface area contributed by atoms with E-state index in [4.69, 9.17) is 8.83 Å². The van der Waals surface area contributed by atoms with Gasteiger partial charge in [-0.3, -0.25) is 9.59 Å². The van der Waals surface area contributed by atoms with Crippen LogP contribution in [0, 0.1) is 13.8 Å². The van der Waals surface area contributed by atoms with E-state index in [0.29, 0.717) is 29.4 Å². The number of amides is 1. The van der Waals surface area contributed by atoms with Crippen molar-refractivity contribution in [3.05, 3.63) is 63.7 Å². The second-order valence-corrected chi connectivity index (χ2v) is 5.82. The van der Waals surface area contributed by atoms with E-state index in [2.05, 4.69) is 15.3 Å². The van der Waals surface area contributed by atoms with Crippen molar-refractivity contribution >= 4 is 5.91 Å². The second-order valence-electron chi connectivity index (χ2n) is 5.82. The fourth-order valence-corrected chi connectivity index (χ4v) is 2.56. The van der Waals surface area contributed by atoms with Crippen molar-refractivity contribution in [2.75, 3.05) is 0 Å². The lowest BCUT2D eigenvalue weighted by molar-refractivity contribution is -0.121. The maximum Gasteiger partial charge on any atom is 0.253 e. The van der Waals surface area contributed by atoms with Gasteiger partial charge in [-0.25, -0.2) is 4.98 Å². The molecule has 2 N–H and O–H groups in total. The van der Waals surface area contributed by atoms with Crippen LogP contribution in [-0.2, 0) is 17.8 Å². The van der Waals surface area contributed by atoms with E-state index >= 15 is 0 Å². The van der Waals surface area contributed by atoms with E-state index < -0.39 is 0 Å². The molecule has 130 valence electrons. The minimum absolute atomic E-state index is 0.169. The molecule has 3 heterocycles. The van der Waals surface area contributed by atoms with Gasteiger partial charge >= 0.3 is 0 Å². The van der Waals surface area contributed by atoms with Gasteiger partial charge in [-0.2, -0.15) is 0 Å². The zero-order chi connectivity index (χ0) is 17.8. The van der Waals surface area contributed by atoms with Crippen molar-refractivity contribution in [1.29, 1.82) is 0 Å². The second kappa shape index (κ2) is 7.21. The number of furan rings is 1. The molecule has 0 radical (unpaired) electrons. The molecule has 3 aromatic heterocycles. The van der Waals surface area contributed by atoms with Gasteiger partial charge in [-0.1, -0.05) is 0 Å². The molecule has 1 amide bonds. The molecule has 0 saturated heterocycles. The predicted molar refractivity (Wildman–Crippen MR) is 90.9 cm³/mol. The number of hydrogen-bond donors (Lipinski definition) is 2. The topological polar surface area (TPSA) is 101 Å². The Morgan fingerprint density at radius 1 is 1.32 bits per heavy atom. The number of rotatable bonds is 6. The van der Waals surface area contributed by atoms with Gasteiger partial charge in [0.2, 0.25) is 5.91 Å². The lowest BCUT2D eigenvalue weighted by Gasteiger charge is -2.07. The Morgan fingerprint density at radius 3 is 2.88 bits per heavy atom. The summed E-state index contributed by atoms with van der Waals surface area (Å²) in [5.41, 5.74) is 2.05. The van der Waals surface area contributed by atoms with Crippen molar-refractivity contribution in [3.63, 3.8) is 0 Å². The highest BCUT2D eigenvalue weighted by molar-refractivity contribution is 5.76. The van der Waals surface area contributed by atoms with Crippen LogP contribution in [0.25, 0.3) is 11.5 Å². The first-order valence-corrected chi connectivity index (χ1v) is 7.97. The Kier molecular flexibility index (Phi) is 4.83. The number of carbonyl (C=O) groups is 1. The number of aryl methyl sites for hydroxylation is 3. The zero-order valence-electron chi connectivity index (χ0n) is 14.1. The van der Waals surface area contributed by atoms with E-state index in [0.717, 1.165) is 11.3 Å². The number of nitrogens with one attached hydrogen (secondary N) is 2. The third-order valence-electron chi connectivity index (χ3n) is 3.84. The number of hydrogen-bond acceptors (Lipinski definition) is 5. The van der Waals surface area contributed by atoms with Crippen molar-refractivity contribution in [1.82, 2.24) is 15.3 Å². The van der Waals surface area contributed by atoms with Gasteiger partial charge in [0.25, 0.3) is 5.56 Å². The Morgan fingerprint density at radius 2 is 2.16 bits per heavy atom. The minimum atomic E-state index is -0.173. The third-order valence-corrected chi connectivity index (χ3v) is 3.84. The number of nitrogens with zero attached hydrogens (tertiary/aromatic N) is 1. The van der Waals surface area contributed by atoms with E-state index in [1.165, 1.54) is 0 Å². The third kappa shape index (κ3) is 4.06. The maximum absolute atomic E-state index is 12.0. The number of carbonyl (C=O) groups excluding carboxylic acids is 1. The van der Waals surface area contributed by atoms with Crippen LogP contribution in [0.5, 0.6) is 0 Å². The van der Waals surface area contributed by atoms with Crippen LogP contribution in [0.15, 0.2) is 44.3 Å². The van der Waals surface area contributed by atoms with Gasteiger partial charge in [0.1, 0.15) is 0 Å². The molecule has 0 saturated carbocycles. The SMILES string of the molecule is Cc1cc(C)c(CNC(=O)CCc2ncc(-c3ccco3)o2)c(=O)[nH]1. The van der Waals surface area contributed by atoms with Crippen LogP contribution in [0.2, 0.25) is 0 Å². The normalized spacial score (nSPS) is 10.8. The summed E-state index contributed by atoms with van der Waals surface area (Å²) in [4.78, 5) is 30.8. The number of aromatic amines is 1. The summed E-state index contributed by atoms with van der Waals surface area (Å²) in [7, 11) is 0. The first kappa shape index (κ1) is 16.8. The van der Waals surface area contributed by atoms with Crippen LogP contribution in [0.1, 0.15) is 29.1 Å². The molecular weight excluding hydrogens is 322 g/mol. The highest BCUT2D eigenvalue weighted by Gasteiger charge is 2.11. The highest BCUT2D eigenvalue weighted by Crippen LogP contribution is 2.20. The fraction of sp³-hybridized carbons (Fsp3) is 0.278. The van der Waals surface area contributed by atoms with Gasteiger partial charge in [0, 0.05) is 30.6 Å². The number of oxazole rings is 1. The summed E-state index contributed by atoms with van der Waals surface area (Å²) in [6.07, 6.45) is 3.72. The van der Waals surface area contributed by atoms with Crippen LogP contribution >= 0.6 is 0 Å². The summed E-state index contributed by atoms with van der Waals surface area (Å²) < 4.78 is 10.8. The summed E-state index contributed by atoms with van der Waals surface area (Å²) in [5, 5.41) is 2.76. The maximum atomic E-state index is 12.0. The predicted octanol–water partition coefficient (Wildman–Crippen LogP) is 2.49. The van der Waals surface area contributed by atoms with Crippen molar-refractivity contribution in [2.24, 2.45) is 0 Å². The Bertz CT molecular complexity index is 922. The van der Waals surface area contributed by atoms with E-state index in [1.54, 1.807) is 24.6 Å². The average Bonchev–Trinajstić information content (AvgIpc) is 3.23. The van der Waals surface area contributed by atoms with Crippen molar-refractivity contribution in [3.8, 4) is 11.5 Å². The summed E-state index contributed by atoms with van der Waals surface area (Å²) in [6.45, 7) is 3.88. The lowest BCUT2D eigenvalue weighted by atomic mass is 10.1. The van der Waals surface area contributed by atoms with Crippen molar-refractivity contribution < 1.29 is 13.6 Å². The summed E-state index contributed by atoms with van der Waals surface area (Å²) in [5.74, 6) is 1.42. The monoisotopic (exact) mass is 341 g/mol. The molecule has 0 spiro atoms. The fourth-order valence-electron chi connectivity index (χ4n) is 2.56. The van der Waals surface area contributed by atoms with E-state index in [1.807, 2.05) is 19.9 Å². The first-order chi connectivity index (χ1) is 12.0. The van der Waals surface area contributed by atoms with Gasteiger partial charge in [0.05, 0.1) is 12.5 Å². The van der Waals surface area contributed by atoms with Gasteiger partial charge < -0.3 is 19.1 Å². The Labute approximate surface area is 144 Å². The largest absolute Gasteiger partial charge is 0.461 e. The van der Waals surface area contributed by atoms with Crippen LogP contribution in [-0.4, -0.2) is 15.9 Å². The summed E-state index contributed by atoms with van der Waals surface area (Å²) >= 11 is 0. The van der Waals surface area contributed by atoms with Crippen LogP contribution in [0.3, 0.4) is 0 Å². The number of pyridine rings is 1. The number of H-pyrrole nitrogens is 1. The Hall–Kier alpha value is -3.09. The molecular formula is C18H19N3O4. The molecule has 7 heteroatoms. The molecule has 0 bridgehead atoms. The quantitative estimate of drug-likeness (QED) is 0.717. The summed E-state index contributed by atoms with van der Waals surface area (Å²) in [6, 6.07) is 5.42. The number of aromatic nitrogens is 2. The molecule has 0 unspecified atom stereocenters. The zero-order valence-corrected chi connectivity index (χ0v) is 14.1. The van der Waals surface area contributed by atoms with Crippen LogP contribution < -0.4 is 10.9 Å². The molecule has 0 aliphatic carbocycles. The molecule has 3 aromatic rings. The average molecular weight is 341 g/mol.